The molecule has 1 aliphatic carbocycles. The monoisotopic (exact) mass is 323 g/mol. The molecule has 24 heavy (non-hydrogen) atoms. The third kappa shape index (κ3) is 5.53. The molecule has 0 radical (unpaired) electrons. The summed E-state index contributed by atoms with van der Waals surface area (Å²) in [5, 5.41) is 17.5. The Labute approximate surface area is 139 Å². The largest absolute Gasteiger partial charge is 0.478 e. The number of rotatable bonds is 5. The molecule has 1 aromatic rings. The second-order valence-corrected chi connectivity index (χ2v) is 5.10. The lowest BCUT2D eigenvalue weighted by Gasteiger charge is -2.07. The van der Waals surface area contributed by atoms with E-state index in [1.54, 1.807) is 18.3 Å². The van der Waals surface area contributed by atoms with Gasteiger partial charge in [0.2, 0.25) is 0 Å². The Morgan fingerprint density at radius 1 is 1.08 bits per heavy atom. The van der Waals surface area contributed by atoms with Crippen LogP contribution < -0.4 is 0 Å². The van der Waals surface area contributed by atoms with Crippen LogP contribution in [0.1, 0.15) is 24.1 Å². The standard InChI is InChI=1S/C19H17NO4/c21-18(22)8-6-14-4-2-1-3-5-16(12-14)17-13-15(10-11-20-17)7-9-19(23)24/h2,4-13H,1,3H2,(H,21,22)(H,23,24)/b4-2?,8-6+,9-7+,14-12?,16-5?. The SMILES string of the molecule is O=C(O)/C=C/C1=CC(c2cc(/C=C/C(=O)O)ccn2)=CCCC=C1. The van der Waals surface area contributed by atoms with Crippen molar-refractivity contribution < 1.29 is 19.8 Å². The quantitative estimate of drug-likeness (QED) is 0.810. The normalized spacial score (nSPS) is 15.0. The molecule has 0 fully saturated rings. The fourth-order valence-electron chi connectivity index (χ4n) is 2.17. The number of carboxylic acid groups (broad SMARTS) is 2. The lowest BCUT2D eigenvalue weighted by molar-refractivity contribution is -0.132. The minimum Gasteiger partial charge on any atom is -0.478 e. The highest BCUT2D eigenvalue weighted by Crippen LogP contribution is 2.21. The van der Waals surface area contributed by atoms with Crippen molar-refractivity contribution in [3.8, 4) is 0 Å². The number of hydrogen-bond donors (Lipinski definition) is 2. The van der Waals surface area contributed by atoms with Crippen LogP contribution in [0, 0.1) is 0 Å². The Balaban J connectivity index is 2.36. The molecule has 0 saturated carbocycles. The van der Waals surface area contributed by atoms with Gasteiger partial charge in [0.1, 0.15) is 0 Å². The third-order valence-electron chi connectivity index (χ3n) is 3.25. The van der Waals surface area contributed by atoms with Crippen molar-refractivity contribution in [2.24, 2.45) is 0 Å². The Morgan fingerprint density at radius 2 is 1.83 bits per heavy atom. The van der Waals surface area contributed by atoms with Crippen LogP contribution in [0.25, 0.3) is 11.6 Å². The molecule has 0 spiro atoms. The van der Waals surface area contributed by atoms with E-state index < -0.39 is 11.9 Å². The molecule has 2 N–H and O–H groups in total. The molecule has 2 rings (SSSR count). The number of aromatic nitrogens is 1. The van der Waals surface area contributed by atoms with Crippen LogP contribution >= 0.6 is 0 Å². The highest BCUT2D eigenvalue weighted by atomic mass is 16.4. The highest BCUT2D eigenvalue weighted by molar-refractivity contribution is 5.85. The average Bonchev–Trinajstić information content (AvgIpc) is 2.52. The van der Waals surface area contributed by atoms with Crippen LogP contribution in [0.15, 0.2) is 66.4 Å². The summed E-state index contributed by atoms with van der Waals surface area (Å²) in [5.74, 6) is -2.01. The maximum atomic E-state index is 10.7. The zero-order valence-corrected chi connectivity index (χ0v) is 12.9. The number of carboxylic acids is 2. The Morgan fingerprint density at radius 3 is 2.58 bits per heavy atom. The first-order valence-corrected chi connectivity index (χ1v) is 7.41. The fourth-order valence-corrected chi connectivity index (χ4v) is 2.17. The third-order valence-corrected chi connectivity index (χ3v) is 3.25. The van der Waals surface area contributed by atoms with Crippen LogP contribution in [-0.4, -0.2) is 27.1 Å². The summed E-state index contributed by atoms with van der Waals surface area (Å²) in [4.78, 5) is 25.7. The Bertz CT molecular complexity index is 782. The van der Waals surface area contributed by atoms with Crippen LogP contribution in [0.4, 0.5) is 0 Å². The summed E-state index contributed by atoms with van der Waals surface area (Å²) < 4.78 is 0. The van der Waals surface area contributed by atoms with Gasteiger partial charge in [-0.1, -0.05) is 18.2 Å². The van der Waals surface area contributed by atoms with E-state index in [0.29, 0.717) is 5.69 Å². The van der Waals surface area contributed by atoms with Crippen molar-refractivity contribution in [1.29, 1.82) is 0 Å². The first-order chi connectivity index (χ1) is 11.5. The topological polar surface area (TPSA) is 87.5 Å². The minimum atomic E-state index is -1.01. The van der Waals surface area contributed by atoms with E-state index in [2.05, 4.69) is 4.98 Å². The van der Waals surface area contributed by atoms with Gasteiger partial charge in [-0.05, 0) is 59.9 Å². The molecule has 0 amide bonds. The Hall–Kier alpha value is -3.21. The molecule has 0 saturated heterocycles. The predicted molar refractivity (Wildman–Crippen MR) is 92.1 cm³/mol. The van der Waals surface area contributed by atoms with Crippen molar-refractivity contribution in [3.05, 3.63) is 77.7 Å². The number of hydrogen-bond acceptors (Lipinski definition) is 3. The van der Waals surface area contributed by atoms with Gasteiger partial charge in [0.15, 0.2) is 0 Å². The molecule has 0 aliphatic heterocycles. The summed E-state index contributed by atoms with van der Waals surface area (Å²) >= 11 is 0. The van der Waals surface area contributed by atoms with Gasteiger partial charge in [-0.25, -0.2) is 9.59 Å². The number of allylic oxidation sites excluding steroid dienone is 7. The van der Waals surface area contributed by atoms with Crippen LogP contribution in [-0.2, 0) is 9.59 Å². The van der Waals surface area contributed by atoms with E-state index in [9.17, 15) is 9.59 Å². The van der Waals surface area contributed by atoms with E-state index in [4.69, 9.17) is 10.2 Å². The van der Waals surface area contributed by atoms with E-state index in [1.165, 1.54) is 12.2 Å². The lowest BCUT2D eigenvalue weighted by Crippen LogP contribution is -1.92. The fraction of sp³-hybridized carbons (Fsp3) is 0.105. The van der Waals surface area contributed by atoms with Crippen LogP contribution in [0.2, 0.25) is 0 Å². The summed E-state index contributed by atoms with van der Waals surface area (Å²) in [6.07, 6.45) is 16.3. The van der Waals surface area contributed by atoms with Gasteiger partial charge in [-0.3, -0.25) is 4.98 Å². The molecule has 0 bridgehead atoms. The van der Waals surface area contributed by atoms with E-state index >= 15 is 0 Å². The number of carbonyl (C=O) groups is 2. The summed E-state index contributed by atoms with van der Waals surface area (Å²) in [6.45, 7) is 0. The maximum Gasteiger partial charge on any atom is 0.328 e. The van der Waals surface area contributed by atoms with E-state index in [1.807, 2.05) is 24.3 Å². The molecule has 0 unspecified atom stereocenters. The smallest absolute Gasteiger partial charge is 0.328 e. The van der Waals surface area contributed by atoms with Crippen molar-refractivity contribution >= 4 is 23.6 Å². The number of pyridine rings is 1. The first-order valence-electron chi connectivity index (χ1n) is 7.41. The van der Waals surface area contributed by atoms with E-state index in [0.717, 1.165) is 41.7 Å². The molecule has 122 valence electrons. The van der Waals surface area contributed by atoms with Gasteiger partial charge in [0.05, 0.1) is 5.69 Å². The van der Waals surface area contributed by atoms with Gasteiger partial charge >= 0.3 is 11.9 Å². The molecular weight excluding hydrogens is 306 g/mol. The summed E-state index contributed by atoms with van der Waals surface area (Å²) in [6, 6.07) is 3.52. The van der Waals surface area contributed by atoms with Crippen molar-refractivity contribution in [2.45, 2.75) is 12.8 Å². The van der Waals surface area contributed by atoms with Gasteiger partial charge in [-0.15, -0.1) is 0 Å². The van der Waals surface area contributed by atoms with Crippen LogP contribution in [0.5, 0.6) is 0 Å². The highest BCUT2D eigenvalue weighted by Gasteiger charge is 2.04. The molecule has 0 aromatic carbocycles. The van der Waals surface area contributed by atoms with Gasteiger partial charge in [-0.2, -0.15) is 0 Å². The second kappa shape index (κ2) is 8.43. The maximum absolute atomic E-state index is 10.7. The number of nitrogens with zero attached hydrogens (tertiary/aromatic N) is 1. The number of aliphatic carboxylic acids is 2. The minimum absolute atomic E-state index is 0.707. The molecule has 5 heteroatoms. The van der Waals surface area contributed by atoms with Crippen LogP contribution in [0.3, 0.4) is 0 Å². The average molecular weight is 323 g/mol. The summed E-state index contributed by atoms with van der Waals surface area (Å²) in [7, 11) is 0. The molecule has 1 aliphatic rings. The Kier molecular flexibility index (Phi) is 6.02. The van der Waals surface area contributed by atoms with E-state index in [-0.39, 0.29) is 0 Å². The molecule has 5 nitrogen and oxygen atoms in total. The lowest BCUT2D eigenvalue weighted by atomic mass is 10.0. The second-order valence-electron chi connectivity index (χ2n) is 5.10. The van der Waals surface area contributed by atoms with Crippen molar-refractivity contribution in [2.75, 3.05) is 0 Å². The van der Waals surface area contributed by atoms with Gasteiger partial charge in [0.25, 0.3) is 0 Å². The predicted octanol–water partition coefficient (Wildman–Crippen LogP) is 3.48. The zero-order chi connectivity index (χ0) is 17.4. The summed E-state index contributed by atoms with van der Waals surface area (Å²) in [5.41, 5.74) is 3.07. The van der Waals surface area contributed by atoms with Gasteiger partial charge in [0, 0.05) is 18.3 Å². The molecule has 1 heterocycles. The molecule has 0 atom stereocenters. The molecular formula is C19H17NO4. The molecule has 1 aromatic heterocycles. The zero-order valence-electron chi connectivity index (χ0n) is 12.9. The van der Waals surface area contributed by atoms with Crippen molar-refractivity contribution in [1.82, 2.24) is 4.98 Å². The van der Waals surface area contributed by atoms with Crippen molar-refractivity contribution in [3.63, 3.8) is 0 Å². The first kappa shape index (κ1) is 17.1. The van der Waals surface area contributed by atoms with Gasteiger partial charge < -0.3 is 10.2 Å².